The van der Waals surface area contributed by atoms with Crippen LogP contribution >= 0.6 is 0 Å². The molecule has 0 spiro atoms. The molecule has 2 aromatic rings. The van der Waals surface area contributed by atoms with Gasteiger partial charge >= 0.3 is 0 Å². The van der Waals surface area contributed by atoms with E-state index in [0.717, 1.165) is 0 Å². The molecule has 19 heavy (non-hydrogen) atoms. The van der Waals surface area contributed by atoms with Crippen molar-refractivity contribution in [3.05, 3.63) is 59.2 Å². The zero-order valence-corrected chi connectivity index (χ0v) is 10.0. The topological polar surface area (TPSA) is 74.6 Å². The monoisotopic (exact) mass is 256 g/mol. The predicted molar refractivity (Wildman–Crippen MR) is 69.6 cm³/mol. The van der Waals surface area contributed by atoms with E-state index in [0.29, 0.717) is 17.4 Å². The maximum atomic E-state index is 12.0. The number of phenols is 2. The standard InChI is InChI=1S/C15H12O4/c16-9-12-13(17)7-6-11(15(12)19)8-14(18)10-4-2-1-3-5-10/h1-7,9,17,19H,8H2. The lowest BCUT2D eigenvalue weighted by Crippen LogP contribution is -2.04. The number of carbonyl (C=O) groups is 2. The van der Waals surface area contributed by atoms with Crippen molar-refractivity contribution in [3.63, 3.8) is 0 Å². The van der Waals surface area contributed by atoms with Crippen LogP contribution in [0, 0.1) is 0 Å². The van der Waals surface area contributed by atoms with Crippen LogP contribution in [-0.4, -0.2) is 22.3 Å². The molecule has 0 heterocycles. The molecule has 0 atom stereocenters. The van der Waals surface area contributed by atoms with Crippen LogP contribution in [0.5, 0.6) is 11.5 Å². The fourth-order valence-corrected chi connectivity index (χ4v) is 1.80. The van der Waals surface area contributed by atoms with Crippen molar-refractivity contribution in [2.75, 3.05) is 0 Å². The second-order valence-electron chi connectivity index (χ2n) is 4.09. The molecule has 0 aromatic heterocycles. The molecule has 4 heteroatoms. The van der Waals surface area contributed by atoms with Gasteiger partial charge in [-0.05, 0) is 6.07 Å². The summed E-state index contributed by atoms with van der Waals surface area (Å²) in [6.45, 7) is 0. The van der Waals surface area contributed by atoms with E-state index in [1.54, 1.807) is 30.3 Å². The molecule has 0 aliphatic carbocycles. The van der Waals surface area contributed by atoms with Gasteiger partial charge in [-0.1, -0.05) is 36.4 Å². The highest BCUT2D eigenvalue weighted by Gasteiger charge is 2.15. The lowest BCUT2D eigenvalue weighted by Gasteiger charge is -2.07. The highest BCUT2D eigenvalue weighted by Crippen LogP contribution is 2.29. The summed E-state index contributed by atoms with van der Waals surface area (Å²) < 4.78 is 0. The molecular formula is C15H12O4. The maximum Gasteiger partial charge on any atom is 0.167 e. The number of carbonyl (C=O) groups excluding carboxylic acids is 2. The molecule has 96 valence electrons. The molecule has 4 nitrogen and oxygen atoms in total. The van der Waals surface area contributed by atoms with Gasteiger partial charge in [-0.3, -0.25) is 9.59 Å². The van der Waals surface area contributed by atoms with Gasteiger partial charge in [0.15, 0.2) is 12.1 Å². The SMILES string of the molecule is O=Cc1c(O)ccc(CC(=O)c2ccccc2)c1O. The van der Waals surface area contributed by atoms with E-state index < -0.39 is 0 Å². The molecule has 0 radical (unpaired) electrons. The zero-order chi connectivity index (χ0) is 13.8. The fraction of sp³-hybridized carbons (Fsp3) is 0.0667. The lowest BCUT2D eigenvalue weighted by molar-refractivity contribution is 0.0990. The third kappa shape index (κ3) is 2.63. The summed E-state index contributed by atoms with van der Waals surface area (Å²) in [6.07, 6.45) is 0.331. The van der Waals surface area contributed by atoms with Crippen molar-refractivity contribution in [3.8, 4) is 11.5 Å². The molecule has 0 aliphatic heterocycles. The quantitative estimate of drug-likeness (QED) is 0.650. The van der Waals surface area contributed by atoms with E-state index in [1.165, 1.54) is 12.1 Å². The van der Waals surface area contributed by atoms with Crippen LogP contribution in [0.15, 0.2) is 42.5 Å². The average Bonchev–Trinajstić information content (AvgIpc) is 2.43. The van der Waals surface area contributed by atoms with Crippen LogP contribution < -0.4 is 0 Å². The Hall–Kier alpha value is -2.62. The maximum absolute atomic E-state index is 12.0. The molecule has 0 aliphatic rings. The first-order valence-corrected chi connectivity index (χ1v) is 5.70. The van der Waals surface area contributed by atoms with Gasteiger partial charge in [0.2, 0.25) is 0 Å². The number of benzene rings is 2. The van der Waals surface area contributed by atoms with Crippen molar-refractivity contribution in [2.24, 2.45) is 0 Å². The minimum absolute atomic E-state index is 0.0308. The van der Waals surface area contributed by atoms with Crippen LogP contribution in [0.3, 0.4) is 0 Å². The van der Waals surface area contributed by atoms with Crippen LogP contribution in [0.1, 0.15) is 26.3 Å². The van der Waals surface area contributed by atoms with Crippen LogP contribution in [-0.2, 0) is 6.42 Å². The van der Waals surface area contributed by atoms with Gasteiger partial charge in [-0.25, -0.2) is 0 Å². The van der Waals surface area contributed by atoms with Gasteiger partial charge in [0, 0.05) is 17.5 Å². The summed E-state index contributed by atoms with van der Waals surface area (Å²) >= 11 is 0. The normalized spacial score (nSPS) is 10.1. The summed E-state index contributed by atoms with van der Waals surface area (Å²) in [5, 5.41) is 19.2. The molecule has 2 aromatic carbocycles. The second-order valence-corrected chi connectivity index (χ2v) is 4.09. The van der Waals surface area contributed by atoms with Crippen molar-refractivity contribution in [1.29, 1.82) is 0 Å². The summed E-state index contributed by atoms with van der Waals surface area (Å²) in [7, 11) is 0. The Labute approximate surface area is 109 Å². The average molecular weight is 256 g/mol. The Morgan fingerprint density at radius 1 is 1.05 bits per heavy atom. The minimum atomic E-state index is -0.348. The number of rotatable bonds is 4. The van der Waals surface area contributed by atoms with Crippen LogP contribution in [0.4, 0.5) is 0 Å². The molecule has 0 unspecified atom stereocenters. The highest BCUT2D eigenvalue weighted by molar-refractivity contribution is 5.98. The van der Waals surface area contributed by atoms with Crippen molar-refractivity contribution in [2.45, 2.75) is 6.42 Å². The van der Waals surface area contributed by atoms with Crippen LogP contribution in [0.2, 0.25) is 0 Å². The molecular weight excluding hydrogens is 244 g/mol. The van der Waals surface area contributed by atoms with Crippen molar-refractivity contribution < 1.29 is 19.8 Å². The first-order valence-electron chi connectivity index (χ1n) is 5.70. The van der Waals surface area contributed by atoms with Gasteiger partial charge in [0.05, 0.1) is 5.56 Å². The Kier molecular flexibility index (Phi) is 3.61. The molecule has 0 saturated carbocycles. The number of hydrogen-bond acceptors (Lipinski definition) is 4. The number of ketones is 1. The zero-order valence-electron chi connectivity index (χ0n) is 10.0. The van der Waals surface area contributed by atoms with E-state index in [1.807, 2.05) is 0 Å². The molecule has 0 amide bonds. The Bertz CT molecular complexity index is 618. The van der Waals surface area contributed by atoms with E-state index >= 15 is 0 Å². The second kappa shape index (κ2) is 5.35. The number of phenolic OH excluding ortho intramolecular Hbond substituents is 2. The largest absolute Gasteiger partial charge is 0.507 e. The van der Waals surface area contributed by atoms with Crippen LogP contribution in [0.25, 0.3) is 0 Å². The summed E-state index contributed by atoms with van der Waals surface area (Å²) in [4.78, 5) is 22.7. The van der Waals surface area contributed by atoms with Crippen molar-refractivity contribution in [1.82, 2.24) is 0 Å². The lowest BCUT2D eigenvalue weighted by atomic mass is 10.00. The first kappa shape index (κ1) is 12.8. The van der Waals surface area contributed by atoms with Gasteiger partial charge in [0.1, 0.15) is 11.5 Å². The van der Waals surface area contributed by atoms with Gasteiger partial charge < -0.3 is 10.2 Å². The summed E-state index contributed by atoms with van der Waals surface area (Å²) in [5.74, 6) is -0.818. The minimum Gasteiger partial charge on any atom is -0.507 e. The molecule has 0 bridgehead atoms. The number of aromatic hydroxyl groups is 2. The summed E-state index contributed by atoms with van der Waals surface area (Å²) in [5.41, 5.74) is 0.648. The number of hydrogen-bond donors (Lipinski definition) is 2. The summed E-state index contributed by atoms with van der Waals surface area (Å²) in [6, 6.07) is 11.4. The van der Waals surface area contributed by atoms with E-state index in [4.69, 9.17) is 0 Å². The number of Topliss-reactive ketones (excluding diaryl/α,β-unsaturated/α-hetero) is 1. The smallest absolute Gasteiger partial charge is 0.167 e. The predicted octanol–water partition coefficient (Wildman–Crippen LogP) is 2.34. The molecule has 2 N–H and O–H groups in total. The van der Waals surface area contributed by atoms with Crippen molar-refractivity contribution >= 4 is 12.1 Å². The molecule has 2 rings (SSSR count). The first-order chi connectivity index (χ1) is 9.13. The Morgan fingerprint density at radius 3 is 2.37 bits per heavy atom. The van der Waals surface area contributed by atoms with E-state index in [2.05, 4.69) is 0 Å². The van der Waals surface area contributed by atoms with E-state index in [-0.39, 0.29) is 29.3 Å². The molecule has 0 fully saturated rings. The van der Waals surface area contributed by atoms with Gasteiger partial charge in [-0.2, -0.15) is 0 Å². The molecule has 0 saturated heterocycles. The van der Waals surface area contributed by atoms with Gasteiger partial charge in [-0.15, -0.1) is 0 Å². The number of aldehydes is 1. The third-order valence-electron chi connectivity index (χ3n) is 2.84. The highest BCUT2D eigenvalue weighted by atomic mass is 16.3. The third-order valence-corrected chi connectivity index (χ3v) is 2.84. The van der Waals surface area contributed by atoms with Gasteiger partial charge in [0.25, 0.3) is 0 Å². The Morgan fingerprint density at radius 2 is 1.74 bits per heavy atom. The Balaban J connectivity index is 2.30. The fourth-order valence-electron chi connectivity index (χ4n) is 1.80. The van der Waals surface area contributed by atoms with E-state index in [9.17, 15) is 19.8 Å².